The second-order valence-corrected chi connectivity index (χ2v) is 6.04. The third-order valence-electron chi connectivity index (χ3n) is 3.76. The van der Waals surface area contributed by atoms with E-state index in [0.717, 1.165) is 44.6 Å². The van der Waals surface area contributed by atoms with Crippen molar-refractivity contribution in [3.8, 4) is 5.75 Å². The Morgan fingerprint density at radius 1 is 1.13 bits per heavy atom. The maximum Gasteiger partial charge on any atom is 0.119 e. The summed E-state index contributed by atoms with van der Waals surface area (Å²) in [6.07, 6.45) is 4.71. The number of hydrogen-bond donors (Lipinski definition) is 0. The van der Waals surface area contributed by atoms with Crippen LogP contribution in [0.4, 0.5) is 0 Å². The molecule has 1 heterocycles. The summed E-state index contributed by atoms with van der Waals surface area (Å²) >= 11 is 0. The highest BCUT2D eigenvalue weighted by Gasteiger charge is 2.24. The molecule has 1 aromatic carbocycles. The zero-order valence-corrected chi connectivity index (χ0v) is 14.5. The Kier molecular flexibility index (Phi) is 8.43. The first-order valence-electron chi connectivity index (χ1n) is 8.84. The molecule has 2 unspecified atom stereocenters. The van der Waals surface area contributed by atoms with Crippen LogP contribution in [0.25, 0.3) is 0 Å². The third-order valence-corrected chi connectivity index (χ3v) is 3.76. The Labute approximate surface area is 140 Å². The van der Waals surface area contributed by atoms with E-state index >= 15 is 0 Å². The van der Waals surface area contributed by atoms with E-state index in [-0.39, 0.29) is 12.2 Å². The number of benzene rings is 1. The minimum absolute atomic E-state index is 0.0497. The van der Waals surface area contributed by atoms with E-state index in [1.54, 1.807) is 0 Å². The smallest absolute Gasteiger partial charge is 0.119 e. The summed E-state index contributed by atoms with van der Waals surface area (Å²) in [6.45, 7) is 7.64. The summed E-state index contributed by atoms with van der Waals surface area (Å²) in [6, 6.07) is 8.32. The van der Waals surface area contributed by atoms with Crippen LogP contribution in [0.2, 0.25) is 0 Å². The maximum atomic E-state index is 5.87. The molecule has 0 amide bonds. The van der Waals surface area contributed by atoms with Crippen molar-refractivity contribution in [2.75, 3.05) is 33.0 Å². The molecule has 2 rings (SSSR count). The fraction of sp³-hybridized carbons (Fsp3) is 0.684. The molecule has 130 valence electrons. The zero-order chi connectivity index (χ0) is 16.3. The van der Waals surface area contributed by atoms with Gasteiger partial charge in [0, 0.05) is 6.61 Å². The average Bonchev–Trinajstić information content (AvgIpc) is 3.39. The summed E-state index contributed by atoms with van der Waals surface area (Å²) in [7, 11) is 0. The molecule has 1 saturated heterocycles. The summed E-state index contributed by atoms with van der Waals surface area (Å²) in [5.74, 6) is 0.884. The minimum atomic E-state index is -0.0497. The molecule has 1 fully saturated rings. The topological polar surface area (TPSA) is 40.2 Å². The second kappa shape index (κ2) is 10.6. The Hall–Kier alpha value is -1.10. The van der Waals surface area contributed by atoms with Gasteiger partial charge in [-0.15, -0.1) is 0 Å². The Morgan fingerprint density at radius 2 is 1.91 bits per heavy atom. The monoisotopic (exact) mass is 322 g/mol. The first-order chi connectivity index (χ1) is 11.3. The van der Waals surface area contributed by atoms with E-state index in [9.17, 15) is 0 Å². The molecule has 4 heteroatoms. The Morgan fingerprint density at radius 3 is 2.57 bits per heavy atom. The molecule has 0 bridgehead atoms. The van der Waals surface area contributed by atoms with Crippen LogP contribution in [0.1, 0.15) is 38.7 Å². The molecule has 0 aromatic heterocycles. The lowest BCUT2D eigenvalue weighted by molar-refractivity contribution is -0.0417. The Bertz CT molecular complexity index is 414. The van der Waals surface area contributed by atoms with Crippen LogP contribution in [-0.4, -0.2) is 45.2 Å². The predicted molar refractivity (Wildman–Crippen MR) is 91.1 cm³/mol. The van der Waals surface area contributed by atoms with E-state index in [4.69, 9.17) is 18.9 Å². The minimum Gasteiger partial charge on any atom is -0.491 e. The molecule has 4 nitrogen and oxygen atoms in total. The van der Waals surface area contributed by atoms with Gasteiger partial charge >= 0.3 is 0 Å². The number of rotatable bonds is 13. The Balaban J connectivity index is 1.73. The van der Waals surface area contributed by atoms with Crippen LogP contribution in [0.3, 0.4) is 0 Å². The van der Waals surface area contributed by atoms with E-state index in [1.165, 1.54) is 5.56 Å². The number of hydrogen-bond acceptors (Lipinski definition) is 4. The fourth-order valence-electron chi connectivity index (χ4n) is 2.24. The highest BCUT2D eigenvalue weighted by atomic mass is 16.6. The number of unbranched alkanes of at least 4 members (excludes halogenated alkanes) is 1. The molecule has 23 heavy (non-hydrogen) atoms. The van der Waals surface area contributed by atoms with Gasteiger partial charge in [0.2, 0.25) is 0 Å². The van der Waals surface area contributed by atoms with E-state index in [2.05, 4.69) is 26.0 Å². The number of epoxide rings is 1. The van der Waals surface area contributed by atoms with Gasteiger partial charge in [0.15, 0.2) is 0 Å². The lowest BCUT2D eigenvalue weighted by atomic mass is 10.1. The molecule has 0 aliphatic carbocycles. The quantitative estimate of drug-likeness (QED) is 0.411. The van der Waals surface area contributed by atoms with Crippen molar-refractivity contribution in [2.45, 2.75) is 51.7 Å². The number of aryl methyl sites for hydroxylation is 1. The van der Waals surface area contributed by atoms with Crippen LogP contribution in [0.5, 0.6) is 5.75 Å². The van der Waals surface area contributed by atoms with Crippen molar-refractivity contribution >= 4 is 0 Å². The molecule has 0 N–H and O–H groups in total. The van der Waals surface area contributed by atoms with Gasteiger partial charge in [0.1, 0.15) is 24.6 Å². The molecule has 1 aromatic rings. The predicted octanol–water partition coefficient (Wildman–Crippen LogP) is 3.62. The van der Waals surface area contributed by atoms with Gasteiger partial charge in [0.05, 0.1) is 19.8 Å². The van der Waals surface area contributed by atoms with Crippen LogP contribution in [0, 0.1) is 0 Å². The van der Waals surface area contributed by atoms with Crippen molar-refractivity contribution in [2.24, 2.45) is 0 Å². The van der Waals surface area contributed by atoms with Gasteiger partial charge in [-0.3, -0.25) is 0 Å². The zero-order valence-electron chi connectivity index (χ0n) is 14.5. The lowest BCUT2D eigenvalue weighted by Crippen LogP contribution is -2.29. The van der Waals surface area contributed by atoms with Crippen LogP contribution < -0.4 is 4.74 Å². The van der Waals surface area contributed by atoms with Gasteiger partial charge in [-0.2, -0.15) is 0 Å². The second-order valence-electron chi connectivity index (χ2n) is 6.04. The van der Waals surface area contributed by atoms with Crippen LogP contribution in [-0.2, 0) is 20.6 Å². The molecular formula is C19H30O4. The standard InChI is InChI=1S/C19H30O4/c1-3-5-11-20-12-18(22-14-19-15-23-19)13-21-17-9-7-16(6-4-2)8-10-17/h7-10,18-19H,3-6,11-15H2,1-2H3. The highest BCUT2D eigenvalue weighted by Crippen LogP contribution is 2.15. The van der Waals surface area contributed by atoms with E-state index in [0.29, 0.717) is 19.8 Å². The third kappa shape index (κ3) is 7.82. The SMILES string of the molecule is CCCCOCC(COc1ccc(CCC)cc1)OCC1CO1. The van der Waals surface area contributed by atoms with Gasteiger partial charge in [-0.1, -0.05) is 38.8 Å². The largest absolute Gasteiger partial charge is 0.491 e. The first-order valence-corrected chi connectivity index (χ1v) is 8.84. The fourth-order valence-corrected chi connectivity index (χ4v) is 2.24. The van der Waals surface area contributed by atoms with Crippen molar-refractivity contribution in [1.82, 2.24) is 0 Å². The van der Waals surface area contributed by atoms with Crippen LogP contribution in [0.15, 0.2) is 24.3 Å². The number of ether oxygens (including phenoxy) is 4. The summed E-state index contributed by atoms with van der Waals surface area (Å²) in [4.78, 5) is 0. The van der Waals surface area contributed by atoms with E-state index in [1.807, 2.05) is 12.1 Å². The molecule has 1 aliphatic rings. The van der Waals surface area contributed by atoms with Gasteiger partial charge in [0.25, 0.3) is 0 Å². The highest BCUT2D eigenvalue weighted by molar-refractivity contribution is 5.27. The van der Waals surface area contributed by atoms with Crippen LogP contribution >= 0.6 is 0 Å². The van der Waals surface area contributed by atoms with E-state index < -0.39 is 0 Å². The maximum absolute atomic E-state index is 5.87. The van der Waals surface area contributed by atoms with Crippen molar-refractivity contribution in [3.05, 3.63) is 29.8 Å². The average molecular weight is 322 g/mol. The van der Waals surface area contributed by atoms with Gasteiger partial charge in [-0.05, 0) is 30.5 Å². The molecular weight excluding hydrogens is 292 g/mol. The summed E-state index contributed by atoms with van der Waals surface area (Å²) in [5, 5.41) is 0. The summed E-state index contributed by atoms with van der Waals surface area (Å²) < 4.78 is 22.6. The first kappa shape index (κ1) is 18.2. The lowest BCUT2D eigenvalue weighted by Gasteiger charge is -2.18. The van der Waals surface area contributed by atoms with Crippen molar-refractivity contribution < 1.29 is 18.9 Å². The molecule has 0 spiro atoms. The van der Waals surface area contributed by atoms with Crippen molar-refractivity contribution in [1.29, 1.82) is 0 Å². The molecule has 0 saturated carbocycles. The molecule has 1 aliphatic heterocycles. The van der Waals surface area contributed by atoms with Crippen molar-refractivity contribution in [3.63, 3.8) is 0 Å². The van der Waals surface area contributed by atoms with Gasteiger partial charge in [-0.25, -0.2) is 0 Å². The molecule has 2 atom stereocenters. The molecule has 0 radical (unpaired) electrons. The van der Waals surface area contributed by atoms with Gasteiger partial charge < -0.3 is 18.9 Å². The normalized spacial score (nSPS) is 17.9. The summed E-state index contributed by atoms with van der Waals surface area (Å²) in [5.41, 5.74) is 1.35.